The lowest BCUT2D eigenvalue weighted by Gasteiger charge is -2.20. The summed E-state index contributed by atoms with van der Waals surface area (Å²) in [5.41, 5.74) is -0.753. The standard InChI is InChI=1S/C17H28N4O4/c1-4-11(2)18-14(23)12(3)19-13(22)7-10-21-15(24)17(20-16(21)25)8-5-6-9-17/h11-12H,4-10H2,1-3H3,(H,18,23)(H,19,22)(H,20,25). The first-order valence-electron chi connectivity index (χ1n) is 9.03. The van der Waals surface area contributed by atoms with Gasteiger partial charge in [0.15, 0.2) is 0 Å². The van der Waals surface area contributed by atoms with Crippen LogP contribution < -0.4 is 16.0 Å². The molecule has 1 aliphatic heterocycles. The molecule has 2 atom stereocenters. The summed E-state index contributed by atoms with van der Waals surface area (Å²) in [4.78, 5) is 49.6. The van der Waals surface area contributed by atoms with Crippen LogP contribution in [0.2, 0.25) is 0 Å². The fraction of sp³-hybridized carbons (Fsp3) is 0.765. The minimum Gasteiger partial charge on any atom is -0.352 e. The van der Waals surface area contributed by atoms with E-state index < -0.39 is 17.6 Å². The molecule has 140 valence electrons. The van der Waals surface area contributed by atoms with Gasteiger partial charge in [-0.05, 0) is 33.1 Å². The number of carbonyl (C=O) groups is 4. The number of urea groups is 1. The van der Waals surface area contributed by atoms with Crippen molar-refractivity contribution >= 4 is 23.8 Å². The Morgan fingerprint density at radius 3 is 2.44 bits per heavy atom. The third-order valence-corrected chi connectivity index (χ3v) is 5.04. The molecule has 1 saturated carbocycles. The van der Waals surface area contributed by atoms with Crippen LogP contribution in [0.3, 0.4) is 0 Å². The fourth-order valence-corrected chi connectivity index (χ4v) is 3.26. The van der Waals surface area contributed by atoms with E-state index >= 15 is 0 Å². The van der Waals surface area contributed by atoms with E-state index in [0.29, 0.717) is 12.8 Å². The second-order valence-corrected chi connectivity index (χ2v) is 7.03. The molecule has 2 fully saturated rings. The number of amides is 5. The van der Waals surface area contributed by atoms with Crippen molar-refractivity contribution in [3.63, 3.8) is 0 Å². The predicted molar refractivity (Wildman–Crippen MR) is 91.6 cm³/mol. The first kappa shape index (κ1) is 19.2. The zero-order valence-electron chi connectivity index (χ0n) is 15.2. The Morgan fingerprint density at radius 1 is 1.20 bits per heavy atom. The molecule has 1 heterocycles. The average Bonchev–Trinajstić information content (AvgIpc) is 3.12. The van der Waals surface area contributed by atoms with Crippen LogP contribution in [0.4, 0.5) is 4.79 Å². The second-order valence-electron chi connectivity index (χ2n) is 7.03. The van der Waals surface area contributed by atoms with Crippen molar-refractivity contribution in [2.75, 3.05) is 6.54 Å². The molecular weight excluding hydrogens is 324 g/mol. The summed E-state index contributed by atoms with van der Waals surface area (Å²) < 4.78 is 0. The van der Waals surface area contributed by atoms with Crippen molar-refractivity contribution in [1.29, 1.82) is 0 Å². The van der Waals surface area contributed by atoms with E-state index in [1.54, 1.807) is 6.92 Å². The Labute approximate surface area is 148 Å². The third-order valence-electron chi connectivity index (χ3n) is 5.04. The summed E-state index contributed by atoms with van der Waals surface area (Å²) in [7, 11) is 0. The number of nitrogens with one attached hydrogen (secondary N) is 3. The number of hydrogen-bond acceptors (Lipinski definition) is 4. The fourth-order valence-electron chi connectivity index (χ4n) is 3.26. The quantitative estimate of drug-likeness (QED) is 0.585. The molecule has 1 saturated heterocycles. The topological polar surface area (TPSA) is 108 Å². The van der Waals surface area contributed by atoms with E-state index in [1.165, 1.54) is 0 Å². The van der Waals surface area contributed by atoms with Gasteiger partial charge in [0.25, 0.3) is 5.91 Å². The molecule has 25 heavy (non-hydrogen) atoms. The first-order valence-corrected chi connectivity index (χ1v) is 9.03. The van der Waals surface area contributed by atoms with Crippen LogP contribution in [0.25, 0.3) is 0 Å². The highest BCUT2D eigenvalue weighted by Gasteiger charge is 2.52. The van der Waals surface area contributed by atoms with Gasteiger partial charge in [0.1, 0.15) is 11.6 Å². The van der Waals surface area contributed by atoms with Crippen LogP contribution in [0, 0.1) is 0 Å². The molecule has 8 heteroatoms. The number of rotatable bonds is 7. The minimum absolute atomic E-state index is 0.0177. The maximum atomic E-state index is 12.5. The summed E-state index contributed by atoms with van der Waals surface area (Å²) in [6.45, 7) is 5.49. The van der Waals surface area contributed by atoms with E-state index in [0.717, 1.165) is 24.2 Å². The van der Waals surface area contributed by atoms with Gasteiger partial charge in [-0.25, -0.2) is 4.79 Å². The zero-order chi connectivity index (χ0) is 18.6. The molecular formula is C17H28N4O4. The molecule has 2 unspecified atom stereocenters. The summed E-state index contributed by atoms with van der Waals surface area (Å²) in [5.74, 6) is -0.840. The molecule has 8 nitrogen and oxygen atoms in total. The maximum absolute atomic E-state index is 12.5. The van der Waals surface area contributed by atoms with Crippen LogP contribution in [-0.4, -0.2) is 52.8 Å². The zero-order valence-corrected chi connectivity index (χ0v) is 15.2. The van der Waals surface area contributed by atoms with Crippen molar-refractivity contribution in [3.05, 3.63) is 0 Å². The van der Waals surface area contributed by atoms with E-state index in [-0.39, 0.29) is 36.7 Å². The lowest BCUT2D eigenvalue weighted by Crippen LogP contribution is -2.48. The summed E-state index contributed by atoms with van der Waals surface area (Å²) >= 11 is 0. The van der Waals surface area contributed by atoms with Crippen LogP contribution in [0.15, 0.2) is 0 Å². The van der Waals surface area contributed by atoms with Gasteiger partial charge in [-0.1, -0.05) is 19.8 Å². The summed E-state index contributed by atoms with van der Waals surface area (Å²) in [6, 6.07) is -1.05. The van der Waals surface area contributed by atoms with Gasteiger partial charge in [0.2, 0.25) is 11.8 Å². The van der Waals surface area contributed by atoms with Gasteiger partial charge < -0.3 is 16.0 Å². The second kappa shape index (κ2) is 7.84. The van der Waals surface area contributed by atoms with Crippen LogP contribution in [-0.2, 0) is 14.4 Å². The molecule has 2 rings (SSSR count). The SMILES string of the molecule is CCC(C)NC(=O)C(C)NC(=O)CCN1C(=O)NC2(CCCC2)C1=O. The predicted octanol–water partition coefficient (Wildman–Crippen LogP) is 0.661. The molecule has 1 spiro atoms. The summed E-state index contributed by atoms with van der Waals surface area (Å²) in [6.07, 6.45) is 3.95. The van der Waals surface area contributed by atoms with E-state index in [1.807, 2.05) is 13.8 Å². The lowest BCUT2D eigenvalue weighted by atomic mass is 9.98. The van der Waals surface area contributed by atoms with Crippen LogP contribution in [0.5, 0.6) is 0 Å². The molecule has 0 radical (unpaired) electrons. The Kier molecular flexibility index (Phi) is 6.02. The van der Waals surface area contributed by atoms with Gasteiger partial charge >= 0.3 is 6.03 Å². The van der Waals surface area contributed by atoms with Crippen LogP contribution >= 0.6 is 0 Å². The molecule has 1 aliphatic carbocycles. The maximum Gasteiger partial charge on any atom is 0.325 e. The van der Waals surface area contributed by atoms with E-state index in [9.17, 15) is 19.2 Å². The molecule has 0 aromatic heterocycles. The number of nitrogens with zero attached hydrogens (tertiary/aromatic N) is 1. The molecule has 5 amide bonds. The first-order chi connectivity index (χ1) is 11.8. The van der Waals surface area contributed by atoms with Crippen molar-refractivity contribution in [2.24, 2.45) is 0 Å². The van der Waals surface area contributed by atoms with E-state index in [2.05, 4.69) is 16.0 Å². The average molecular weight is 352 g/mol. The molecule has 0 aromatic rings. The van der Waals surface area contributed by atoms with Crippen molar-refractivity contribution in [3.8, 4) is 0 Å². The monoisotopic (exact) mass is 352 g/mol. The van der Waals surface area contributed by atoms with Gasteiger partial charge in [-0.2, -0.15) is 0 Å². The van der Waals surface area contributed by atoms with Gasteiger partial charge in [0, 0.05) is 19.0 Å². The highest BCUT2D eigenvalue weighted by atomic mass is 16.2. The highest BCUT2D eigenvalue weighted by Crippen LogP contribution is 2.34. The third kappa shape index (κ3) is 4.29. The number of carbonyl (C=O) groups excluding carboxylic acids is 4. The van der Waals surface area contributed by atoms with Crippen molar-refractivity contribution in [2.45, 2.75) is 76.9 Å². The van der Waals surface area contributed by atoms with Gasteiger partial charge in [-0.15, -0.1) is 0 Å². The Morgan fingerprint density at radius 2 is 1.84 bits per heavy atom. The normalized spacial score (nSPS) is 21.2. The largest absolute Gasteiger partial charge is 0.352 e. The molecule has 0 bridgehead atoms. The van der Waals surface area contributed by atoms with Crippen molar-refractivity contribution < 1.29 is 19.2 Å². The van der Waals surface area contributed by atoms with Gasteiger partial charge in [0.05, 0.1) is 0 Å². The number of hydrogen-bond donors (Lipinski definition) is 3. The summed E-state index contributed by atoms with van der Waals surface area (Å²) in [5, 5.41) is 8.18. The smallest absolute Gasteiger partial charge is 0.325 e. The number of imide groups is 1. The molecule has 3 N–H and O–H groups in total. The lowest BCUT2D eigenvalue weighted by molar-refractivity contribution is -0.132. The Balaban J connectivity index is 1.81. The van der Waals surface area contributed by atoms with Crippen molar-refractivity contribution in [1.82, 2.24) is 20.9 Å². The highest BCUT2D eigenvalue weighted by molar-refractivity contribution is 6.07. The Bertz CT molecular complexity index is 557. The molecule has 2 aliphatic rings. The molecule has 0 aromatic carbocycles. The van der Waals surface area contributed by atoms with Crippen LogP contribution in [0.1, 0.15) is 59.3 Å². The van der Waals surface area contributed by atoms with Gasteiger partial charge in [-0.3, -0.25) is 19.3 Å². The minimum atomic E-state index is -0.753. The Hall–Kier alpha value is -2.12. The van der Waals surface area contributed by atoms with E-state index in [4.69, 9.17) is 0 Å².